The van der Waals surface area contributed by atoms with Gasteiger partial charge in [-0.05, 0) is 11.6 Å². The molecule has 0 aliphatic rings. The Morgan fingerprint density at radius 1 is 1.22 bits per heavy atom. The van der Waals surface area contributed by atoms with Crippen LogP contribution in [0.25, 0.3) is 10.9 Å². The first kappa shape index (κ1) is 16.7. The fraction of sp³-hybridized carbons (Fsp3) is 0.267. The van der Waals surface area contributed by atoms with Gasteiger partial charge in [-0.3, -0.25) is 9.78 Å². The number of aromatic nitrogens is 1. The SMILES string of the molecule is O=C(Cc1cccc2cccnc12)NC(CC(F)(F)F)C(=O)O. The Hall–Kier alpha value is -2.64. The van der Waals surface area contributed by atoms with Crippen LogP contribution in [0.1, 0.15) is 12.0 Å². The number of carbonyl (C=O) groups excluding carboxylic acids is 1. The van der Waals surface area contributed by atoms with Crippen molar-refractivity contribution < 1.29 is 27.9 Å². The largest absolute Gasteiger partial charge is 0.480 e. The molecule has 0 saturated heterocycles. The lowest BCUT2D eigenvalue weighted by molar-refractivity contribution is -0.159. The highest BCUT2D eigenvalue weighted by Crippen LogP contribution is 2.22. The number of alkyl halides is 3. The summed E-state index contributed by atoms with van der Waals surface area (Å²) >= 11 is 0. The Morgan fingerprint density at radius 3 is 2.57 bits per heavy atom. The van der Waals surface area contributed by atoms with Crippen LogP contribution in [-0.4, -0.2) is 34.2 Å². The smallest absolute Gasteiger partial charge is 0.391 e. The van der Waals surface area contributed by atoms with E-state index in [1.165, 1.54) is 6.20 Å². The number of aliphatic carboxylic acids is 1. The Balaban J connectivity index is 2.12. The molecule has 1 unspecified atom stereocenters. The number of nitrogens with one attached hydrogen (secondary N) is 1. The number of carbonyl (C=O) groups is 2. The molecule has 0 aliphatic carbocycles. The van der Waals surface area contributed by atoms with Crippen LogP contribution in [0.4, 0.5) is 13.2 Å². The number of amides is 1. The van der Waals surface area contributed by atoms with E-state index < -0.39 is 30.5 Å². The summed E-state index contributed by atoms with van der Waals surface area (Å²) in [6.45, 7) is 0. The minimum absolute atomic E-state index is 0.254. The van der Waals surface area contributed by atoms with Crippen LogP contribution in [0, 0.1) is 0 Å². The van der Waals surface area contributed by atoms with Crippen molar-refractivity contribution in [2.75, 3.05) is 0 Å². The minimum Gasteiger partial charge on any atom is -0.480 e. The zero-order valence-electron chi connectivity index (χ0n) is 11.8. The average molecular weight is 326 g/mol. The number of para-hydroxylation sites is 1. The Kier molecular flexibility index (Phi) is 4.83. The van der Waals surface area contributed by atoms with Gasteiger partial charge < -0.3 is 10.4 Å². The second kappa shape index (κ2) is 6.64. The van der Waals surface area contributed by atoms with Gasteiger partial charge in [-0.15, -0.1) is 0 Å². The first-order chi connectivity index (χ1) is 10.8. The van der Waals surface area contributed by atoms with Gasteiger partial charge >= 0.3 is 12.1 Å². The molecule has 1 aromatic carbocycles. The third-order valence-corrected chi connectivity index (χ3v) is 3.14. The number of benzene rings is 1. The molecular formula is C15H13F3N2O3. The summed E-state index contributed by atoms with van der Waals surface area (Å²) in [7, 11) is 0. The molecular weight excluding hydrogens is 313 g/mol. The van der Waals surface area contributed by atoms with Gasteiger partial charge in [-0.2, -0.15) is 13.2 Å². The average Bonchev–Trinajstić information content (AvgIpc) is 2.45. The van der Waals surface area contributed by atoms with Gasteiger partial charge in [-0.25, -0.2) is 4.79 Å². The fourth-order valence-electron chi connectivity index (χ4n) is 2.16. The van der Waals surface area contributed by atoms with Gasteiger partial charge in [0.25, 0.3) is 0 Å². The third-order valence-electron chi connectivity index (χ3n) is 3.14. The summed E-state index contributed by atoms with van der Waals surface area (Å²) in [6.07, 6.45) is -5.03. The van der Waals surface area contributed by atoms with Crippen molar-refractivity contribution in [3.8, 4) is 0 Å². The molecule has 0 spiro atoms. The van der Waals surface area contributed by atoms with Gasteiger partial charge in [0.15, 0.2) is 0 Å². The highest BCUT2D eigenvalue weighted by atomic mass is 19.4. The summed E-state index contributed by atoms with van der Waals surface area (Å²) < 4.78 is 37.0. The van der Waals surface area contributed by atoms with Crippen molar-refractivity contribution in [2.24, 2.45) is 0 Å². The first-order valence-corrected chi connectivity index (χ1v) is 6.68. The Bertz CT molecular complexity index is 726. The van der Waals surface area contributed by atoms with Crippen molar-refractivity contribution in [1.82, 2.24) is 10.3 Å². The fourth-order valence-corrected chi connectivity index (χ4v) is 2.16. The number of hydrogen-bond acceptors (Lipinski definition) is 3. The van der Waals surface area contributed by atoms with Crippen molar-refractivity contribution in [3.05, 3.63) is 42.1 Å². The van der Waals surface area contributed by atoms with E-state index in [1.807, 2.05) is 5.32 Å². The van der Waals surface area contributed by atoms with E-state index in [-0.39, 0.29) is 6.42 Å². The first-order valence-electron chi connectivity index (χ1n) is 6.68. The number of carboxylic acids is 1. The zero-order chi connectivity index (χ0) is 17.0. The van der Waals surface area contributed by atoms with E-state index >= 15 is 0 Å². The van der Waals surface area contributed by atoms with Crippen molar-refractivity contribution in [3.63, 3.8) is 0 Å². The van der Waals surface area contributed by atoms with Crippen molar-refractivity contribution >= 4 is 22.8 Å². The van der Waals surface area contributed by atoms with E-state index in [0.717, 1.165) is 5.39 Å². The maximum Gasteiger partial charge on any atom is 0.391 e. The molecule has 0 radical (unpaired) electrons. The lowest BCUT2D eigenvalue weighted by atomic mass is 10.1. The monoisotopic (exact) mass is 326 g/mol. The number of nitrogens with zero attached hydrogens (tertiary/aromatic N) is 1. The molecule has 2 aromatic rings. The molecule has 5 nitrogen and oxygen atoms in total. The van der Waals surface area contributed by atoms with Gasteiger partial charge in [-0.1, -0.05) is 24.3 Å². The van der Waals surface area contributed by atoms with Crippen molar-refractivity contribution in [1.29, 1.82) is 0 Å². The summed E-state index contributed by atoms with van der Waals surface area (Å²) in [5, 5.41) is 11.5. The van der Waals surface area contributed by atoms with E-state index in [9.17, 15) is 22.8 Å². The normalized spacial score (nSPS) is 12.8. The summed E-state index contributed by atoms with van der Waals surface area (Å²) in [5.41, 5.74) is 1.06. The van der Waals surface area contributed by atoms with Gasteiger partial charge in [0.05, 0.1) is 18.4 Å². The molecule has 1 heterocycles. The number of pyridine rings is 1. The van der Waals surface area contributed by atoms with Crippen LogP contribution in [-0.2, 0) is 16.0 Å². The second-order valence-corrected chi connectivity index (χ2v) is 4.95. The van der Waals surface area contributed by atoms with Gasteiger partial charge in [0.2, 0.25) is 5.91 Å². The quantitative estimate of drug-likeness (QED) is 0.884. The molecule has 8 heteroatoms. The predicted octanol–water partition coefficient (Wildman–Crippen LogP) is 2.30. The number of fused-ring (bicyclic) bond motifs is 1. The molecule has 0 aliphatic heterocycles. The van der Waals surface area contributed by atoms with Crippen LogP contribution in [0.5, 0.6) is 0 Å². The van der Waals surface area contributed by atoms with Crippen LogP contribution in [0.2, 0.25) is 0 Å². The van der Waals surface area contributed by atoms with E-state index in [2.05, 4.69) is 4.98 Å². The highest BCUT2D eigenvalue weighted by Gasteiger charge is 2.36. The van der Waals surface area contributed by atoms with Gasteiger partial charge in [0.1, 0.15) is 6.04 Å². The highest BCUT2D eigenvalue weighted by molar-refractivity contribution is 5.89. The number of rotatable bonds is 5. The molecule has 0 saturated carbocycles. The zero-order valence-corrected chi connectivity index (χ0v) is 11.8. The van der Waals surface area contributed by atoms with Crippen LogP contribution in [0.15, 0.2) is 36.5 Å². The maximum absolute atomic E-state index is 12.3. The Morgan fingerprint density at radius 2 is 1.91 bits per heavy atom. The predicted molar refractivity (Wildman–Crippen MR) is 75.7 cm³/mol. The van der Waals surface area contributed by atoms with Crippen LogP contribution >= 0.6 is 0 Å². The molecule has 1 aromatic heterocycles. The third kappa shape index (κ3) is 4.67. The standard InChI is InChI=1S/C15H13F3N2O3/c16-15(17,18)8-11(14(22)23)20-12(21)7-10-4-1-3-9-5-2-6-19-13(9)10/h1-6,11H,7-8H2,(H,20,21)(H,22,23). The van der Waals surface area contributed by atoms with E-state index in [1.54, 1.807) is 30.3 Å². The lowest BCUT2D eigenvalue weighted by Crippen LogP contribution is -2.44. The number of carboxylic acid groups (broad SMARTS) is 1. The van der Waals surface area contributed by atoms with Crippen LogP contribution < -0.4 is 5.32 Å². The number of halogens is 3. The minimum atomic E-state index is -4.68. The number of hydrogen-bond donors (Lipinski definition) is 2. The maximum atomic E-state index is 12.3. The van der Waals surface area contributed by atoms with E-state index in [0.29, 0.717) is 11.1 Å². The molecule has 122 valence electrons. The summed E-state index contributed by atoms with van der Waals surface area (Å²) in [4.78, 5) is 26.9. The molecule has 2 rings (SSSR count). The Labute approximate surface area is 129 Å². The molecule has 0 bridgehead atoms. The summed E-state index contributed by atoms with van der Waals surface area (Å²) in [6, 6.07) is 6.59. The summed E-state index contributed by atoms with van der Waals surface area (Å²) in [5.74, 6) is -2.54. The van der Waals surface area contributed by atoms with Crippen LogP contribution in [0.3, 0.4) is 0 Å². The van der Waals surface area contributed by atoms with Gasteiger partial charge in [0, 0.05) is 11.6 Å². The molecule has 23 heavy (non-hydrogen) atoms. The molecule has 1 amide bonds. The molecule has 2 N–H and O–H groups in total. The van der Waals surface area contributed by atoms with E-state index in [4.69, 9.17) is 5.11 Å². The lowest BCUT2D eigenvalue weighted by Gasteiger charge is -2.16. The van der Waals surface area contributed by atoms with Crippen molar-refractivity contribution in [2.45, 2.75) is 25.1 Å². The second-order valence-electron chi connectivity index (χ2n) is 4.95. The topological polar surface area (TPSA) is 79.3 Å². The molecule has 0 fully saturated rings. The molecule has 1 atom stereocenters.